The highest BCUT2D eigenvalue weighted by atomic mass is 16.3. The first kappa shape index (κ1) is 18.5. The second-order valence-corrected chi connectivity index (χ2v) is 7.16. The van der Waals surface area contributed by atoms with Crippen LogP contribution in [0.25, 0.3) is 17.0 Å². The monoisotopic (exact) mass is 378 g/mol. The highest BCUT2D eigenvalue weighted by Crippen LogP contribution is 2.27. The van der Waals surface area contributed by atoms with Crippen molar-refractivity contribution >= 4 is 23.0 Å². The molecule has 1 amide bonds. The first-order valence-corrected chi connectivity index (χ1v) is 10.1. The quantitative estimate of drug-likeness (QED) is 0.664. The molecule has 1 aliphatic heterocycles. The minimum Gasteiger partial charge on any atom is -0.460 e. The van der Waals surface area contributed by atoms with E-state index < -0.39 is 0 Å². The molecule has 0 saturated heterocycles. The number of carbonyl (C=O) groups is 1. The summed E-state index contributed by atoms with van der Waals surface area (Å²) >= 11 is 0. The number of nitrogens with zero attached hydrogens (tertiary/aromatic N) is 3. The summed E-state index contributed by atoms with van der Waals surface area (Å²) in [5.41, 5.74) is 1.84. The molecule has 146 valence electrons. The first-order chi connectivity index (χ1) is 13.8. The largest absolute Gasteiger partial charge is 0.460 e. The van der Waals surface area contributed by atoms with Crippen molar-refractivity contribution in [2.24, 2.45) is 0 Å². The molecule has 0 unspecified atom stereocenters. The van der Waals surface area contributed by atoms with Crippen molar-refractivity contribution in [3.8, 4) is 0 Å². The van der Waals surface area contributed by atoms with Gasteiger partial charge < -0.3 is 14.3 Å². The third-order valence-electron chi connectivity index (χ3n) is 5.27. The van der Waals surface area contributed by atoms with Crippen LogP contribution in [0.3, 0.4) is 0 Å². The van der Waals surface area contributed by atoms with Gasteiger partial charge in [0, 0.05) is 49.4 Å². The highest BCUT2D eigenvalue weighted by Gasteiger charge is 2.14. The molecule has 1 aromatic carbocycles. The van der Waals surface area contributed by atoms with Gasteiger partial charge in [-0.15, -0.1) is 10.2 Å². The van der Waals surface area contributed by atoms with Crippen LogP contribution in [-0.4, -0.2) is 27.2 Å². The van der Waals surface area contributed by atoms with Gasteiger partial charge in [-0.1, -0.05) is 31.5 Å². The number of aryl methyl sites for hydroxylation is 2. The fraction of sp³-hybridized carbons (Fsp3) is 0.409. The molecule has 1 N–H and O–H groups in total. The predicted molar refractivity (Wildman–Crippen MR) is 109 cm³/mol. The molecule has 0 radical (unpaired) electrons. The number of carbonyl (C=O) groups excluding carboxylic acids is 1. The van der Waals surface area contributed by atoms with Gasteiger partial charge in [0.1, 0.15) is 23.0 Å². The number of nitrogens with one attached hydrogen (secondary N) is 1. The Morgan fingerprint density at radius 2 is 2.14 bits per heavy atom. The normalized spacial score (nSPS) is 14.3. The van der Waals surface area contributed by atoms with Crippen LogP contribution in [-0.2, 0) is 30.6 Å². The summed E-state index contributed by atoms with van der Waals surface area (Å²) < 4.78 is 8.10. The van der Waals surface area contributed by atoms with Crippen LogP contribution in [0.4, 0.5) is 0 Å². The molecular weight excluding hydrogens is 352 g/mol. The number of furan rings is 1. The van der Waals surface area contributed by atoms with Crippen molar-refractivity contribution in [2.45, 2.75) is 52.0 Å². The minimum absolute atomic E-state index is 0.108. The van der Waals surface area contributed by atoms with Crippen molar-refractivity contribution in [1.29, 1.82) is 0 Å². The molecule has 4 rings (SSSR count). The Morgan fingerprint density at radius 3 is 3.04 bits per heavy atom. The number of hydrogen-bond acceptors (Lipinski definition) is 4. The van der Waals surface area contributed by atoms with Crippen molar-refractivity contribution in [2.75, 3.05) is 6.54 Å². The van der Waals surface area contributed by atoms with Gasteiger partial charge >= 0.3 is 0 Å². The number of rotatable bonds is 6. The molecule has 1 aliphatic rings. The zero-order valence-corrected chi connectivity index (χ0v) is 16.3. The lowest BCUT2D eigenvalue weighted by Crippen LogP contribution is -2.24. The molecule has 28 heavy (non-hydrogen) atoms. The number of hydrogen-bond donors (Lipinski definition) is 1. The molecule has 0 aliphatic carbocycles. The summed E-state index contributed by atoms with van der Waals surface area (Å²) in [6.45, 7) is 3.59. The fourth-order valence-electron chi connectivity index (χ4n) is 3.81. The van der Waals surface area contributed by atoms with Crippen LogP contribution in [0, 0.1) is 0 Å². The SMILES string of the molecule is CCc1oc2ccccc2c1/C=C/C(=O)NCCc1nnc2n1CCCCC2. The van der Waals surface area contributed by atoms with Gasteiger partial charge in [-0.05, 0) is 25.0 Å². The maximum Gasteiger partial charge on any atom is 0.244 e. The lowest BCUT2D eigenvalue weighted by atomic mass is 10.1. The van der Waals surface area contributed by atoms with Gasteiger partial charge in [-0.3, -0.25) is 4.79 Å². The number of fused-ring (bicyclic) bond motifs is 2. The van der Waals surface area contributed by atoms with E-state index >= 15 is 0 Å². The maximum absolute atomic E-state index is 12.3. The van der Waals surface area contributed by atoms with E-state index in [0.29, 0.717) is 13.0 Å². The third-order valence-corrected chi connectivity index (χ3v) is 5.27. The van der Waals surface area contributed by atoms with E-state index in [0.717, 1.165) is 53.3 Å². The molecular formula is C22H26N4O2. The smallest absolute Gasteiger partial charge is 0.244 e. The van der Waals surface area contributed by atoms with Crippen molar-refractivity contribution in [3.63, 3.8) is 0 Å². The Kier molecular flexibility index (Phi) is 5.55. The second kappa shape index (κ2) is 8.42. The van der Waals surface area contributed by atoms with Crippen LogP contribution in [0.1, 0.15) is 49.2 Å². The average molecular weight is 378 g/mol. The second-order valence-electron chi connectivity index (χ2n) is 7.16. The standard InChI is InChI=1S/C22H26N4O2/c1-2-18-17(16-8-5-6-9-19(16)28-18)11-12-22(27)23-14-13-21-25-24-20-10-4-3-7-15-26(20)21/h5-6,8-9,11-12H,2-4,7,10,13-15H2,1H3,(H,23,27)/b12-11+. The number of aromatic nitrogens is 3. The van der Waals surface area contributed by atoms with E-state index in [1.165, 1.54) is 19.3 Å². The zero-order valence-electron chi connectivity index (χ0n) is 16.3. The van der Waals surface area contributed by atoms with Crippen molar-refractivity contribution < 1.29 is 9.21 Å². The first-order valence-electron chi connectivity index (χ1n) is 10.1. The van der Waals surface area contributed by atoms with Crippen LogP contribution in [0.15, 0.2) is 34.8 Å². The Balaban J connectivity index is 1.37. The molecule has 6 heteroatoms. The molecule has 3 heterocycles. The Bertz CT molecular complexity index is 999. The van der Waals surface area contributed by atoms with Gasteiger partial charge in [0.05, 0.1) is 0 Å². The summed E-state index contributed by atoms with van der Waals surface area (Å²) in [5, 5.41) is 12.6. The van der Waals surface area contributed by atoms with Gasteiger partial charge in [-0.2, -0.15) is 0 Å². The van der Waals surface area contributed by atoms with Crippen LogP contribution >= 0.6 is 0 Å². The number of benzene rings is 1. The summed E-state index contributed by atoms with van der Waals surface area (Å²) in [4.78, 5) is 12.3. The fourth-order valence-corrected chi connectivity index (χ4v) is 3.81. The van der Waals surface area contributed by atoms with Crippen molar-refractivity contribution in [1.82, 2.24) is 20.1 Å². The molecule has 0 fully saturated rings. The van der Waals surface area contributed by atoms with Gasteiger partial charge in [0.15, 0.2) is 0 Å². The molecule has 0 spiro atoms. The number of para-hydroxylation sites is 1. The molecule has 3 aromatic rings. The lowest BCUT2D eigenvalue weighted by molar-refractivity contribution is -0.116. The van der Waals surface area contributed by atoms with E-state index in [4.69, 9.17) is 4.42 Å². The van der Waals surface area contributed by atoms with Gasteiger partial charge in [0.2, 0.25) is 5.91 Å². The van der Waals surface area contributed by atoms with Gasteiger partial charge in [-0.25, -0.2) is 0 Å². The Morgan fingerprint density at radius 1 is 1.25 bits per heavy atom. The predicted octanol–water partition coefficient (Wildman–Crippen LogP) is 3.69. The van der Waals surface area contributed by atoms with E-state index in [-0.39, 0.29) is 5.91 Å². The summed E-state index contributed by atoms with van der Waals surface area (Å²) in [5.74, 6) is 2.84. The van der Waals surface area contributed by atoms with E-state index in [2.05, 4.69) is 27.0 Å². The van der Waals surface area contributed by atoms with E-state index in [1.807, 2.05) is 30.3 Å². The molecule has 0 bridgehead atoms. The van der Waals surface area contributed by atoms with E-state index in [1.54, 1.807) is 6.08 Å². The van der Waals surface area contributed by atoms with Crippen LogP contribution < -0.4 is 5.32 Å². The minimum atomic E-state index is -0.108. The summed E-state index contributed by atoms with van der Waals surface area (Å²) in [7, 11) is 0. The Hall–Kier alpha value is -2.89. The highest BCUT2D eigenvalue weighted by molar-refractivity contribution is 5.96. The molecule has 0 atom stereocenters. The van der Waals surface area contributed by atoms with E-state index in [9.17, 15) is 4.79 Å². The summed E-state index contributed by atoms with van der Waals surface area (Å²) in [6, 6.07) is 7.91. The Labute approximate surface area is 164 Å². The van der Waals surface area contributed by atoms with Crippen LogP contribution in [0.2, 0.25) is 0 Å². The summed E-state index contributed by atoms with van der Waals surface area (Å²) in [6.07, 6.45) is 9.51. The number of amides is 1. The van der Waals surface area contributed by atoms with Gasteiger partial charge in [0.25, 0.3) is 0 Å². The molecule has 2 aromatic heterocycles. The molecule has 0 saturated carbocycles. The third kappa shape index (κ3) is 3.86. The van der Waals surface area contributed by atoms with Crippen molar-refractivity contribution in [3.05, 3.63) is 53.3 Å². The maximum atomic E-state index is 12.3. The lowest BCUT2D eigenvalue weighted by Gasteiger charge is -2.07. The molecule has 6 nitrogen and oxygen atoms in total. The average Bonchev–Trinajstić information content (AvgIpc) is 3.18. The van der Waals surface area contributed by atoms with Crippen LogP contribution in [0.5, 0.6) is 0 Å². The zero-order chi connectivity index (χ0) is 19.3. The topological polar surface area (TPSA) is 73.0 Å².